The zero-order chi connectivity index (χ0) is 17.2. The van der Waals surface area contributed by atoms with Gasteiger partial charge in [0.25, 0.3) is 0 Å². The van der Waals surface area contributed by atoms with Gasteiger partial charge in [-0.15, -0.1) is 0 Å². The van der Waals surface area contributed by atoms with Crippen molar-refractivity contribution < 1.29 is 0 Å². The normalized spacial score (nSPS) is 16.8. The first-order chi connectivity index (χ1) is 12.2. The lowest BCUT2D eigenvalue weighted by Gasteiger charge is -2.19. The smallest absolute Gasteiger partial charge is 0.191 e. The number of fused-ring (bicyclic) bond motifs is 1. The van der Waals surface area contributed by atoms with E-state index in [1.807, 2.05) is 7.05 Å². The number of rotatable bonds is 5. The Morgan fingerprint density at radius 2 is 1.84 bits per heavy atom. The Morgan fingerprint density at radius 3 is 2.60 bits per heavy atom. The molecule has 1 aliphatic carbocycles. The molecule has 0 bridgehead atoms. The molecule has 0 unspecified atom stereocenters. The zero-order valence-electron chi connectivity index (χ0n) is 14.9. The summed E-state index contributed by atoms with van der Waals surface area (Å²) in [6.07, 6.45) is 3.62. The molecule has 0 aromatic heterocycles. The molecule has 0 radical (unpaired) electrons. The fourth-order valence-corrected chi connectivity index (χ4v) is 3.47. The topological polar surface area (TPSA) is 44.9 Å². The molecular weight excluding hydrogens is 308 g/mol. The summed E-state index contributed by atoms with van der Waals surface area (Å²) in [5.41, 5.74) is 11.4. The maximum Gasteiger partial charge on any atom is 0.191 e. The molecule has 0 amide bonds. The minimum Gasteiger partial charge on any atom is -0.370 e. The summed E-state index contributed by atoms with van der Waals surface area (Å²) in [7, 11) is 2.04. The quantitative estimate of drug-likeness (QED) is 0.675. The molecule has 2 N–H and O–H groups in total. The van der Waals surface area contributed by atoms with Gasteiger partial charge in [-0.1, -0.05) is 42.5 Å². The lowest BCUT2D eigenvalue weighted by Crippen LogP contribution is -2.35. The molecule has 2 aliphatic rings. The number of hydrogen-bond donors (Lipinski definition) is 1. The average molecular weight is 334 g/mol. The van der Waals surface area contributed by atoms with Crippen LogP contribution in [0, 0.1) is 0 Å². The predicted octanol–water partition coefficient (Wildman–Crippen LogP) is 3.16. The monoisotopic (exact) mass is 334 g/mol. The number of hydrogen-bond acceptors (Lipinski definition) is 2. The highest BCUT2D eigenvalue weighted by atomic mass is 15.3. The molecule has 4 rings (SSSR count). The Morgan fingerprint density at radius 1 is 1.12 bits per heavy atom. The van der Waals surface area contributed by atoms with Crippen LogP contribution in [0.15, 0.2) is 53.5 Å². The average Bonchev–Trinajstić information content (AvgIpc) is 3.42. The van der Waals surface area contributed by atoms with Crippen LogP contribution in [0.4, 0.5) is 5.69 Å². The number of para-hydroxylation sites is 1. The maximum absolute atomic E-state index is 6.06. The Labute approximate surface area is 150 Å². The highest BCUT2D eigenvalue weighted by Gasteiger charge is 2.27. The van der Waals surface area contributed by atoms with Gasteiger partial charge in [0.05, 0.1) is 6.54 Å². The summed E-state index contributed by atoms with van der Waals surface area (Å²) in [6.45, 7) is 2.72. The van der Waals surface area contributed by atoms with Crippen molar-refractivity contribution in [3.63, 3.8) is 0 Å². The van der Waals surface area contributed by atoms with Crippen molar-refractivity contribution >= 4 is 11.6 Å². The first-order valence-electron chi connectivity index (χ1n) is 9.14. The van der Waals surface area contributed by atoms with E-state index in [0.29, 0.717) is 18.5 Å². The van der Waals surface area contributed by atoms with Crippen LogP contribution in [-0.2, 0) is 19.5 Å². The zero-order valence-corrected chi connectivity index (χ0v) is 14.9. The summed E-state index contributed by atoms with van der Waals surface area (Å²) in [5.74, 6) is 0.653. The third-order valence-corrected chi connectivity index (χ3v) is 5.26. The van der Waals surface area contributed by atoms with E-state index in [0.717, 1.165) is 19.5 Å². The number of anilines is 1. The highest BCUT2D eigenvalue weighted by Crippen LogP contribution is 2.29. The van der Waals surface area contributed by atoms with Crippen molar-refractivity contribution in [2.75, 3.05) is 18.5 Å². The van der Waals surface area contributed by atoms with Crippen molar-refractivity contribution in [2.45, 2.75) is 38.4 Å². The van der Waals surface area contributed by atoms with Gasteiger partial charge in [-0.2, -0.15) is 0 Å². The van der Waals surface area contributed by atoms with Gasteiger partial charge in [-0.25, -0.2) is 4.99 Å². The molecule has 0 atom stereocenters. The van der Waals surface area contributed by atoms with Crippen molar-refractivity contribution in [1.82, 2.24) is 4.90 Å². The van der Waals surface area contributed by atoms with Crippen LogP contribution < -0.4 is 10.6 Å². The minimum absolute atomic E-state index is 0.606. The van der Waals surface area contributed by atoms with Gasteiger partial charge < -0.3 is 15.5 Å². The molecule has 1 heterocycles. The second-order valence-corrected chi connectivity index (χ2v) is 7.13. The van der Waals surface area contributed by atoms with Crippen LogP contribution in [0.25, 0.3) is 0 Å². The van der Waals surface area contributed by atoms with E-state index in [4.69, 9.17) is 5.73 Å². The largest absolute Gasteiger partial charge is 0.370 e. The number of guanidine groups is 1. The summed E-state index contributed by atoms with van der Waals surface area (Å²) in [5, 5.41) is 0. The molecule has 1 saturated carbocycles. The Hall–Kier alpha value is -2.49. The van der Waals surface area contributed by atoms with Gasteiger partial charge in [-0.05, 0) is 42.0 Å². The summed E-state index contributed by atoms with van der Waals surface area (Å²) in [6, 6.07) is 18.1. The van der Waals surface area contributed by atoms with Crippen LogP contribution in [-0.4, -0.2) is 30.5 Å². The fourth-order valence-electron chi connectivity index (χ4n) is 3.47. The minimum atomic E-state index is 0.606. The Balaban J connectivity index is 1.37. The molecular formula is C21H26N4. The molecule has 0 spiro atoms. The van der Waals surface area contributed by atoms with Crippen molar-refractivity contribution in [2.24, 2.45) is 10.7 Å². The molecule has 1 aliphatic heterocycles. The molecule has 130 valence electrons. The second kappa shape index (κ2) is 6.79. The van der Waals surface area contributed by atoms with Crippen LogP contribution in [0.2, 0.25) is 0 Å². The first-order valence-corrected chi connectivity index (χ1v) is 9.14. The summed E-state index contributed by atoms with van der Waals surface area (Å²) >= 11 is 0. The molecule has 1 fully saturated rings. The number of aliphatic imine (C=N–C) groups is 1. The van der Waals surface area contributed by atoms with Crippen molar-refractivity contribution in [3.05, 3.63) is 65.2 Å². The molecule has 4 nitrogen and oxygen atoms in total. The van der Waals surface area contributed by atoms with E-state index >= 15 is 0 Å². The van der Waals surface area contributed by atoms with E-state index < -0.39 is 0 Å². The second-order valence-electron chi connectivity index (χ2n) is 7.13. The van der Waals surface area contributed by atoms with Gasteiger partial charge in [0.1, 0.15) is 0 Å². The van der Waals surface area contributed by atoms with E-state index in [2.05, 4.69) is 63.3 Å². The first kappa shape index (κ1) is 16.0. The molecule has 4 heteroatoms. The lowest BCUT2D eigenvalue weighted by atomic mass is 10.1. The third-order valence-electron chi connectivity index (χ3n) is 5.26. The van der Waals surface area contributed by atoms with Gasteiger partial charge >= 0.3 is 0 Å². The predicted molar refractivity (Wildman–Crippen MR) is 104 cm³/mol. The molecule has 0 saturated heterocycles. The summed E-state index contributed by atoms with van der Waals surface area (Å²) in [4.78, 5) is 9.09. The van der Waals surface area contributed by atoms with Crippen molar-refractivity contribution in [1.29, 1.82) is 0 Å². The SMILES string of the molecule is CN(C(N)=NCc1ccc(CN2CCc3ccccc32)cc1)C1CC1. The van der Waals surface area contributed by atoms with Crippen LogP contribution in [0.1, 0.15) is 29.5 Å². The van der Waals surface area contributed by atoms with Gasteiger partial charge in [0, 0.05) is 31.9 Å². The van der Waals surface area contributed by atoms with E-state index in [1.54, 1.807) is 0 Å². The van der Waals surface area contributed by atoms with Crippen molar-refractivity contribution in [3.8, 4) is 0 Å². The highest BCUT2D eigenvalue weighted by molar-refractivity contribution is 5.78. The number of benzene rings is 2. The summed E-state index contributed by atoms with van der Waals surface area (Å²) < 4.78 is 0. The molecule has 2 aromatic carbocycles. The van der Waals surface area contributed by atoms with Gasteiger partial charge in [0.15, 0.2) is 5.96 Å². The van der Waals surface area contributed by atoms with Crippen LogP contribution >= 0.6 is 0 Å². The van der Waals surface area contributed by atoms with Gasteiger partial charge in [-0.3, -0.25) is 0 Å². The number of nitrogens with two attached hydrogens (primary N) is 1. The van der Waals surface area contributed by atoms with E-state index in [1.165, 1.54) is 35.2 Å². The molecule has 25 heavy (non-hydrogen) atoms. The lowest BCUT2D eigenvalue weighted by molar-refractivity contribution is 0.487. The Kier molecular flexibility index (Phi) is 4.35. The molecule has 2 aromatic rings. The van der Waals surface area contributed by atoms with Crippen LogP contribution in [0.3, 0.4) is 0 Å². The third kappa shape index (κ3) is 3.63. The maximum atomic E-state index is 6.06. The van der Waals surface area contributed by atoms with Crippen LogP contribution in [0.5, 0.6) is 0 Å². The number of nitrogens with zero attached hydrogens (tertiary/aromatic N) is 3. The fraction of sp³-hybridized carbons (Fsp3) is 0.381. The van der Waals surface area contributed by atoms with Gasteiger partial charge in [0.2, 0.25) is 0 Å². The van der Waals surface area contributed by atoms with E-state index in [9.17, 15) is 0 Å². The standard InChI is InChI=1S/C21H26N4/c1-24(19-10-11-19)21(22)23-14-16-6-8-17(9-7-16)15-25-13-12-18-4-2-3-5-20(18)25/h2-9,19H,10-15H2,1H3,(H2,22,23). The van der Waals surface area contributed by atoms with E-state index in [-0.39, 0.29) is 0 Å². The Bertz CT molecular complexity index is 762.